The molecule has 2 heterocycles. The third-order valence-corrected chi connectivity index (χ3v) is 2.41. The number of rotatable bonds is 1. The summed E-state index contributed by atoms with van der Waals surface area (Å²) in [5, 5.41) is 9.33. The summed E-state index contributed by atoms with van der Waals surface area (Å²) >= 11 is 0. The van der Waals surface area contributed by atoms with E-state index >= 15 is 0 Å². The highest BCUT2D eigenvalue weighted by Crippen LogP contribution is 2.35. The lowest BCUT2D eigenvalue weighted by molar-refractivity contribution is 0.174. The molecule has 0 radical (unpaired) electrons. The minimum atomic E-state index is -0.599. The quantitative estimate of drug-likeness (QED) is 0.811. The number of ether oxygens (including phenoxy) is 2. The van der Waals surface area contributed by atoms with Gasteiger partial charge >= 0.3 is 5.63 Å². The molecular weight excluding hydrogens is 224 g/mol. The molecule has 5 heteroatoms. The lowest BCUT2D eigenvalue weighted by atomic mass is 10.1. The molecule has 0 spiro atoms. The van der Waals surface area contributed by atoms with Gasteiger partial charge in [0.05, 0.1) is 6.07 Å². The molecule has 0 atom stereocenters. The number of hydrogen-bond acceptors (Lipinski definition) is 5. The van der Waals surface area contributed by atoms with Gasteiger partial charge in [-0.25, -0.2) is 4.79 Å². The number of benzene rings is 1. The van der Waals surface area contributed by atoms with Crippen LogP contribution >= 0.6 is 0 Å². The summed E-state index contributed by atoms with van der Waals surface area (Å²) in [7, 11) is 0. The van der Waals surface area contributed by atoms with Gasteiger partial charge in [0.1, 0.15) is 11.5 Å². The second-order valence-corrected chi connectivity index (χ2v) is 3.57. The van der Waals surface area contributed by atoms with Gasteiger partial charge in [-0.3, -0.25) is 0 Å². The van der Waals surface area contributed by atoms with Gasteiger partial charge in [0.25, 0.3) is 0 Å². The van der Waals surface area contributed by atoms with Crippen molar-refractivity contribution < 1.29 is 19.0 Å². The van der Waals surface area contributed by atoms with Gasteiger partial charge in [-0.05, 0) is 18.2 Å². The Bertz CT molecular complexity index is 629. The standard InChI is InChI=1S/C12H8O5/c13-8-4-10(17-12(14)5-8)7-1-2-9-11(3-7)16-6-15-9/h1-5,13H,6H2. The SMILES string of the molecule is O=c1cc(O)cc(-c2ccc3c(c2)OCO3)o1. The summed E-state index contributed by atoms with van der Waals surface area (Å²) in [4.78, 5) is 11.1. The zero-order valence-electron chi connectivity index (χ0n) is 8.67. The second-order valence-electron chi connectivity index (χ2n) is 3.57. The predicted octanol–water partition coefficient (Wildman–Crippen LogP) is 1.74. The third kappa shape index (κ3) is 1.71. The fourth-order valence-electron chi connectivity index (χ4n) is 1.66. The largest absolute Gasteiger partial charge is 0.508 e. The lowest BCUT2D eigenvalue weighted by Gasteiger charge is -2.02. The molecule has 2 aromatic rings. The van der Waals surface area contributed by atoms with E-state index in [-0.39, 0.29) is 18.3 Å². The fourth-order valence-corrected chi connectivity index (χ4v) is 1.66. The number of aromatic hydroxyl groups is 1. The van der Waals surface area contributed by atoms with Crippen LogP contribution in [0.25, 0.3) is 11.3 Å². The van der Waals surface area contributed by atoms with Crippen LogP contribution in [0.2, 0.25) is 0 Å². The van der Waals surface area contributed by atoms with E-state index in [2.05, 4.69) is 0 Å². The molecule has 0 fully saturated rings. The average Bonchev–Trinajstić information content (AvgIpc) is 2.74. The molecule has 1 aliphatic rings. The highest BCUT2D eigenvalue weighted by molar-refractivity contribution is 5.63. The minimum absolute atomic E-state index is 0.131. The normalized spacial score (nSPS) is 12.7. The topological polar surface area (TPSA) is 68.9 Å². The van der Waals surface area contributed by atoms with Gasteiger partial charge in [-0.2, -0.15) is 0 Å². The van der Waals surface area contributed by atoms with Crippen molar-refractivity contribution in [2.75, 3.05) is 6.79 Å². The van der Waals surface area contributed by atoms with Gasteiger partial charge in [0, 0.05) is 11.6 Å². The first-order valence-electron chi connectivity index (χ1n) is 4.96. The van der Waals surface area contributed by atoms with Crippen molar-refractivity contribution in [1.29, 1.82) is 0 Å². The molecule has 1 aromatic carbocycles. The molecule has 0 amide bonds. The summed E-state index contributed by atoms with van der Waals surface area (Å²) in [6.07, 6.45) is 0. The molecule has 1 aromatic heterocycles. The molecule has 5 nitrogen and oxygen atoms in total. The molecule has 17 heavy (non-hydrogen) atoms. The zero-order valence-corrected chi connectivity index (χ0v) is 8.67. The van der Waals surface area contributed by atoms with Crippen LogP contribution in [0.4, 0.5) is 0 Å². The zero-order chi connectivity index (χ0) is 11.8. The Kier molecular flexibility index (Phi) is 2.04. The van der Waals surface area contributed by atoms with Crippen LogP contribution in [-0.2, 0) is 0 Å². The first-order valence-corrected chi connectivity index (χ1v) is 4.96. The first-order chi connectivity index (χ1) is 8.22. The van der Waals surface area contributed by atoms with Crippen molar-refractivity contribution in [2.24, 2.45) is 0 Å². The summed E-state index contributed by atoms with van der Waals surface area (Å²) in [6, 6.07) is 7.53. The maximum atomic E-state index is 11.1. The van der Waals surface area contributed by atoms with Crippen LogP contribution in [0.15, 0.2) is 39.5 Å². The Morgan fingerprint density at radius 3 is 2.71 bits per heavy atom. The van der Waals surface area contributed by atoms with E-state index in [1.54, 1.807) is 18.2 Å². The van der Waals surface area contributed by atoms with Crippen molar-refractivity contribution >= 4 is 0 Å². The molecule has 0 saturated carbocycles. The Morgan fingerprint density at radius 1 is 1.06 bits per heavy atom. The molecule has 1 N–H and O–H groups in total. The number of fused-ring (bicyclic) bond motifs is 1. The molecular formula is C12H8O5. The molecule has 0 bridgehead atoms. The smallest absolute Gasteiger partial charge is 0.339 e. The molecule has 86 valence electrons. The van der Waals surface area contributed by atoms with E-state index in [4.69, 9.17) is 13.9 Å². The first kappa shape index (κ1) is 9.77. The van der Waals surface area contributed by atoms with Crippen LogP contribution in [0, 0.1) is 0 Å². The van der Waals surface area contributed by atoms with E-state index < -0.39 is 5.63 Å². The lowest BCUT2D eigenvalue weighted by Crippen LogP contribution is -1.96. The van der Waals surface area contributed by atoms with Crippen molar-refractivity contribution in [3.05, 3.63) is 40.8 Å². The highest BCUT2D eigenvalue weighted by Gasteiger charge is 2.15. The second kappa shape index (κ2) is 3.55. The van der Waals surface area contributed by atoms with Crippen LogP contribution in [0.5, 0.6) is 17.2 Å². The van der Waals surface area contributed by atoms with E-state index in [0.29, 0.717) is 17.1 Å². The van der Waals surface area contributed by atoms with E-state index in [1.165, 1.54) is 6.07 Å². The van der Waals surface area contributed by atoms with Gasteiger partial charge < -0.3 is 19.0 Å². The van der Waals surface area contributed by atoms with Crippen LogP contribution in [0.3, 0.4) is 0 Å². The summed E-state index contributed by atoms with van der Waals surface area (Å²) < 4.78 is 15.4. The Labute approximate surface area is 95.8 Å². The summed E-state index contributed by atoms with van der Waals surface area (Å²) in [5.74, 6) is 1.40. The average molecular weight is 232 g/mol. The van der Waals surface area contributed by atoms with Crippen molar-refractivity contribution in [2.45, 2.75) is 0 Å². The predicted molar refractivity (Wildman–Crippen MR) is 58.2 cm³/mol. The highest BCUT2D eigenvalue weighted by atomic mass is 16.7. The van der Waals surface area contributed by atoms with Crippen molar-refractivity contribution in [1.82, 2.24) is 0 Å². The van der Waals surface area contributed by atoms with E-state index in [9.17, 15) is 9.90 Å². The van der Waals surface area contributed by atoms with Gasteiger partial charge in [-0.15, -0.1) is 0 Å². The molecule has 0 aliphatic carbocycles. The third-order valence-electron chi connectivity index (χ3n) is 2.41. The molecule has 0 saturated heterocycles. The van der Waals surface area contributed by atoms with Gasteiger partial charge in [-0.1, -0.05) is 0 Å². The van der Waals surface area contributed by atoms with E-state index in [0.717, 1.165) is 6.07 Å². The Hall–Kier alpha value is -2.43. The molecule has 1 aliphatic heterocycles. The maximum absolute atomic E-state index is 11.1. The Balaban J connectivity index is 2.12. The van der Waals surface area contributed by atoms with Gasteiger partial charge in [0.2, 0.25) is 6.79 Å². The molecule has 3 rings (SSSR count). The fraction of sp³-hybridized carbons (Fsp3) is 0.0833. The van der Waals surface area contributed by atoms with Gasteiger partial charge in [0.15, 0.2) is 11.5 Å². The monoisotopic (exact) mass is 232 g/mol. The van der Waals surface area contributed by atoms with Crippen molar-refractivity contribution in [3.63, 3.8) is 0 Å². The van der Waals surface area contributed by atoms with Crippen LogP contribution in [0.1, 0.15) is 0 Å². The van der Waals surface area contributed by atoms with Crippen LogP contribution < -0.4 is 15.1 Å². The Morgan fingerprint density at radius 2 is 1.88 bits per heavy atom. The minimum Gasteiger partial charge on any atom is -0.508 e. The summed E-state index contributed by atoms with van der Waals surface area (Å²) in [5.41, 5.74) is 0.0416. The van der Waals surface area contributed by atoms with Crippen LogP contribution in [-0.4, -0.2) is 11.9 Å². The maximum Gasteiger partial charge on any atom is 0.339 e. The summed E-state index contributed by atoms with van der Waals surface area (Å²) in [6.45, 7) is 0.183. The number of hydrogen-bond donors (Lipinski definition) is 1. The van der Waals surface area contributed by atoms with E-state index in [1.807, 2.05) is 0 Å². The van der Waals surface area contributed by atoms with Crippen molar-refractivity contribution in [3.8, 4) is 28.6 Å². The molecule has 0 unspecified atom stereocenters.